The van der Waals surface area contributed by atoms with Gasteiger partial charge in [0.05, 0.1) is 44.2 Å². The summed E-state index contributed by atoms with van der Waals surface area (Å²) in [6.45, 7) is 1.96. The zero-order valence-electron chi connectivity index (χ0n) is 32.9. The molecule has 4 unspecified atom stereocenters. The maximum absolute atomic E-state index is 12.0. The van der Waals surface area contributed by atoms with Crippen molar-refractivity contribution < 1.29 is 94.5 Å². The third-order valence-corrected chi connectivity index (χ3v) is 11.0. The summed E-state index contributed by atoms with van der Waals surface area (Å²) in [5.74, 6) is -6.00. The molecule has 1 saturated heterocycles. The topological polar surface area (TPSA) is 320 Å². The second-order valence-electron chi connectivity index (χ2n) is 14.8. The van der Waals surface area contributed by atoms with Crippen molar-refractivity contribution in [3.8, 4) is 74.6 Å². The number of fused-ring (bicyclic) bond motifs is 2. The molecule has 1 fully saturated rings. The van der Waals surface area contributed by atoms with Crippen LogP contribution in [0.1, 0.15) is 59.8 Å². The molecule has 13 N–H and O–H groups in total. The molecule has 326 valence electrons. The van der Waals surface area contributed by atoms with E-state index in [0.717, 1.165) is 6.07 Å². The highest BCUT2D eigenvalue weighted by atomic mass is 16.7. The molecular formula is C42H45O19+. The maximum atomic E-state index is 12.0. The molecule has 2 aliphatic rings. The van der Waals surface area contributed by atoms with Gasteiger partial charge >= 0.3 is 11.3 Å². The second kappa shape index (κ2) is 16.3. The Hall–Kier alpha value is -6.19. The Morgan fingerprint density at radius 1 is 0.721 bits per heavy atom. The number of hydrogen-bond donors (Lipinski definition) is 13. The van der Waals surface area contributed by atoms with E-state index in [2.05, 4.69) is 0 Å². The monoisotopic (exact) mass is 853 g/mol. The molecule has 0 spiro atoms. The molecular weight excluding hydrogens is 808 g/mol. The summed E-state index contributed by atoms with van der Waals surface area (Å²) in [5.41, 5.74) is -0.642. The minimum Gasteiger partial charge on any atom is -0.507 e. The zero-order chi connectivity index (χ0) is 44.3. The van der Waals surface area contributed by atoms with Crippen LogP contribution in [0.2, 0.25) is 0 Å². The van der Waals surface area contributed by atoms with E-state index in [0.29, 0.717) is 0 Å². The molecule has 9 atom stereocenters. The molecule has 19 heteroatoms. The third kappa shape index (κ3) is 7.28. The Morgan fingerprint density at radius 2 is 1.39 bits per heavy atom. The van der Waals surface area contributed by atoms with Gasteiger partial charge in [0, 0.05) is 47.7 Å². The quantitative estimate of drug-likeness (QED) is 0.0709. The van der Waals surface area contributed by atoms with Gasteiger partial charge < -0.3 is 90.1 Å². The summed E-state index contributed by atoms with van der Waals surface area (Å²) < 4.78 is 35.2. The molecule has 0 saturated carbocycles. The molecule has 7 rings (SSSR count). The standard InChI is InChI=1S/C42H44O19/c1-14(29-23(48)12-21(46)18-10-24(49)38(60-40(18)29)16-5-6-20(45)22(47)7-16)30-35(53)31(15(2)44)32(50)19-11-27(58-42-37(55)36(54)34(52)28(13-43)59-42)39(61-41(19)30)17-8-25(56-3)33(51)26(9-17)57-4/h5-9,11-12,14-15,24,28,34,36-38,42-44,49,52,54-55H,10,13H2,1-4H3,(H6-,45,46,47,48,50,51,53)/p+1/t14?,15?,24?,28-,34-,36+,37-,38?,42-/m1/s1. The Kier molecular flexibility index (Phi) is 11.5. The van der Waals surface area contributed by atoms with Crippen LogP contribution in [0.4, 0.5) is 0 Å². The molecule has 0 radical (unpaired) electrons. The van der Waals surface area contributed by atoms with Crippen molar-refractivity contribution in [3.63, 3.8) is 0 Å². The van der Waals surface area contributed by atoms with Crippen LogP contribution in [0.15, 0.2) is 46.9 Å². The molecule has 1 aromatic heterocycles. The van der Waals surface area contributed by atoms with Crippen molar-refractivity contribution in [1.82, 2.24) is 0 Å². The van der Waals surface area contributed by atoms with Crippen LogP contribution >= 0.6 is 0 Å². The molecule has 2 aliphatic heterocycles. The van der Waals surface area contributed by atoms with E-state index in [1.807, 2.05) is 0 Å². The number of hydrogen-bond acceptors (Lipinski definition) is 18. The van der Waals surface area contributed by atoms with E-state index in [4.69, 9.17) is 28.1 Å². The van der Waals surface area contributed by atoms with Gasteiger partial charge in [0.15, 0.2) is 23.0 Å². The average molecular weight is 854 g/mol. The van der Waals surface area contributed by atoms with Crippen molar-refractivity contribution >= 4 is 11.0 Å². The number of rotatable bonds is 10. The first-order chi connectivity index (χ1) is 28.9. The Labute approximate surface area is 345 Å². The van der Waals surface area contributed by atoms with Gasteiger partial charge in [0.2, 0.25) is 17.8 Å². The molecule has 61 heavy (non-hydrogen) atoms. The van der Waals surface area contributed by atoms with E-state index >= 15 is 0 Å². The number of phenolic OH excluding ortho intramolecular Hbond substituents is 7. The summed E-state index contributed by atoms with van der Waals surface area (Å²) in [5, 5.41) is 141. The normalized spacial score (nSPS) is 23.5. The van der Waals surface area contributed by atoms with Crippen LogP contribution < -0.4 is 18.9 Å². The fraction of sp³-hybridized carbons (Fsp3) is 0.357. The number of benzene rings is 4. The first kappa shape index (κ1) is 42.9. The number of aromatic hydroxyl groups is 7. The molecule has 4 aromatic carbocycles. The van der Waals surface area contributed by atoms with Gasteiger partial charge in [0.25, 0.3) is 0 Å². The summed E-state index contributed by atoms with van der Waals surface area (Å²) in [6.07, 6.45) is -13.0. The van der Waals surface area contributed by atoms with Crippen molar-refractivity contribution in [3.05, 3.63) is 70.3 Å². The van der Waals surface area contributed by atoms with Gasteiger partial charge in [-0.1, -0.05) is 13.0 Å². The summed E-state index contributed by atoms with van der Waals surface area (Å²) in [4.78, 5) is 0. The van der Waals surface area contributed by atoms with Gasteiger partial charge in [0.1, 0.15) is 70.2 Å². The number of ether oxygens (including phenoxy) is 5. The lowest BCUT2D eigenvalue weighted by Gasteiger charge is -2.39. The van der Waals surface area contributed by atoms with Gasteiger partial charge in [-0.15, -0.1) is 0 Å². The molecule has 0 aliphatic carbocycles. The van der Waals surface area contributed by atoms with Crippen LogP contribution in [-0.4, -0.2) is 124 Å². The molecule has 0 bridgehead atoms. The van der Waals surface area contributed by atoms with Crippen LogP contribution in [-0.2, 0) is 11.2 Å². The summed E-state index contributed by atoms with van der Waals surface area (Å²) in [7, 11) is 2.52. The van der Waals surface area contributed by atoms with E-state index in [9.17, 15) is 66.4 Å². The van der Waals surface area contributed by atoms with Crippen LogP contribution in [0.25, 0.3) is 22.3 Å². The third-order valence-electron chi connectivity index (χ3n) is 11.0. The van der Waals surface area contributed by atoms with Crippen molar-refractivity contribution in [2.24, 2.45) is 0 Å². The SMILES string of the molecule is COc1cc(-c2[o+]c3c(C(C)c4c(O)cc(O)c5c4OC(c4ccc(O)c(O)c4)C(O)C5)c(O)c(C(C)O)c(O)c3cc2O[C@@H]2O[C@H](CO)[C@@H](O)[C@H](O)[C@H]2O)cc(OC)c1O. The Morgan fingerprint density at radius 3 is 2.00 bits per heavy atom. The van der Waals surface area contributed by atoms with Crippen LogP contribution in [0.3, 0.4) is 0 Å². The minimum atomic E-state index is -1.92. The van der Waals surface area contributed by atoms with Gasteiger partial charge in [-0.2, -0.15) is 0 Å². The minimum absolute atomic E-state index is 0.0485. The summed E-state index contributed by atoms with van der Waals surface area (Å²) in [6, 6.07) is 8.55. The van der Waals surface area contributed by atoms with Crippen molar-refractivity contribution in [2.45, 2.75) is 75.2 Å². The summed E-state index contributed by atoms with van der Waals surface area (Å²) >= 11 is 0. The lowest BCUT2D eigenvalue weighted by atomic mass is 9.83. The highest BCUT2D eigenvalue weighted by molar-refractivity contribution is 5.94. The number of aliphatic hydroxyl groups is 6. The van der Waals surface area contributed by atoms with Crippen LogP contribution in [0, 0.1) is 0 Å². The smallest absolute Gasteiger partial charge is 0.402 e. The second-order valence-corrected chi connectivity index (χ2v) is 14.8. The van der Waals surface area contributed by atoms with Crippen molar-refractivity contribution in [1.29, 1.82) is 0 Å². The molecule has 0 amide bonds. The molecule has 19 nitrogen and oxygen atoms in total. The van der Waals surface area contributed by atoms with E-state index in [1.165, 1.54) is 64.5 Å². The zero-order valence-corrected chi connectivity index (χ0v) is 32.9. The maximum Gasteiger partial charge on any atom is 0.402 e. The van der Waals surface area contributed by atoms with Gasteiger partial charge in [-0.05, 0) is 24.6 Å². The van der Waals surface area contributed by atoms with E-state index in [-0.39, 0.29) is 74.0 Å². The Balaban J connectivity index is 1.50. The number of methoxy groups -OCH3 is 2. The highest BCUT2D eigenvalue weighted by Gasteiger charge is 2.47. The largest absolute Gasteiger partial charge is 0.507 e. The highest BCUT2D eigenvalue weighted by Crippen LogP contribution is 2.55. The lowest BCUT2D eigenvalue weighted by molar-refractivity contribution is -0.277. The van der Waals surface area contributed by atoms with Crippen LogP contribution in [0.5, 0.6) is 63.2 Å². The molecule has 3 heterocycles. The number of aliphatic hydroxyl groups excluding tert-OH is 6. The van der Waals surface area contributed by atoms with E-state index < -0.39 is 107 Å². The predicted molar refractivity (Wildman–Crippen MR) is 209 cm³/mol. The fourth-order valence-electron chi connectivity index (χ4n) is 7.87. The van der Waals surface area contributed by atoms with Gasteiger partial charge in [-0.3, -0.25) is 0 Å². The van der Waals surface area contributed by atoms with E-state index in [1.54, 1.807) is 0 Å². The first-order valence-corrected chi connectivity index (χ1v) is 18.9. The predicted octanol–water partition coefficient (Wildman–Crippen LogP) is 2.76. The number of phenols is 7. The lowest BCUT2D eigenvalue weighted by Crippen LogP contribution is -2.60. The Bertz CT molecular complexity index is 2460. The molecule has 5 aromatic rings. The average Bonchev–Trinajstić information content (AvgIpc) is 3.22. The fourth-order valence-corrected chi connectivity index (χ4v) is 7.87. The van der Waals surface area contributed by atoms with Gasteiger partial charge in [-0.25, -0.2) is 4.42 Å². The first-order valence-electron chi connectivity index (χ1n) is 18.9. The van der Waals surface area contributed by atoms with Crippen molar-refractivity contribution in [2.75, 3.05) is 20.8 Å².